The molecule has 1 saturated heterocycles. The molecule has 0 aromatic rings. The predicted octanol–water partition coefficient (Wildman–Crippen LogP) is 0.543. The molecule has 0 radical (unpaired) electrons. The Labute approximate surface area is 229 Å². The molecule has 4 saturated carbocycles. The van der Waals surface area contributed by atoms with Crippen LogP contribution >= 0.6 is 0 Å². The first-order chi connectivity index (χ1) is 18.4. The summed E-state index contributed by atoms with van der Waals surface area (Å²) in [5.74, 6) is 0.00615. The van der Waals surface area contributed by atoms with E-state index in [1.54, 1.807) is 6.08 Å². The van der Waals surface area contributed by atoms with Gasteiger partial charge in [0.25, 0.3) is 0 Å². The largest absolute Gasteiger partial charge is 0.458 e. The van der Waals surface area contributed by atoms with Crippen molar-refractivity contribution in [3.05, 3.63) is 11.6 Å². The number of ether oxygens (including phenoxy) is 3. The molecular weight excluding hydrogens is 508 g/mol. The second kappa shape index (κ2) is 9.46. The topological polar surface area (TPSA) is 166 Å². The number of aliphatic hydroxyl groups excluding tert-OH is 4. The van der Waals surface area contributed by atoms with Gasteiger partial charge in [0.15, 0.2) is 6.29 Å². The molecule has 0 amide bonds. The molecule has 13 atom stereocenters. The van der Waals surface area contributed by atoms with E-state index in [1.807, 2.05) is 0 Å². The molecule has 4 aliphatic carbocycles. The summed E-state index contributed by atoms with van der Waals surface area (Å²) in [7, 11) is 0. The summed E-state index contributed by atoms with van der Waals surface area (Å²) >= 11 is 0. The molecule has 2 heterocycles. The Morgan fingerprint density at radius 2 is 1.64 bits per heavy atom. The van der Waals surface area contributed by atoms with Crippen molar-refractivity contribution in [3.63, 3.8) is 0 Å². The highest BCUT2D eigenvalue weighted by Gasteiger charge is 2.70. The summed E-state index contributed by atoms with van der Waals surface area (Å²) in [5, 5.41) is 64.7. The van der Waals surface area contributed by atoms with Crippen LogP contribution in [0.2, 0.25) is 0 Å². The first-order valence-electron chi connectivity index (χ1n) is 14.6. The fraction of sp³-hybridized carbons (Fsp3) is 0.897. The van der Waals surface area contributed by atoms with E-state index in [0.717, 1.165) is 24.8 Å². The van der Waals surface area contributed by atoms with Crippen LogP contribution in [0.3, 0.4) is 0 Å². The van der Waals surface area contributed by atoms with Gasteiger partial charge in [-0.25, -0.2) is 4.79 Å². The Morgan fingerprint density at radius 3 is 2.33 bits per heavy atom. The maximum atomic E-state index is 12.4. The van der Waals surface area contributed by atoms with Gasteiger partial charge in [-0.15, -0.1) is 0 Å². The lowest BCUT2D eigenvalue weighted by Gasteiger charge is -2.66. The molecule has 5 fully saturated rings. The summed E-state index contributed by atoms with van der Waals surface area (Å²) < 4.78 is 16.8. The second-order valence-electron chi connectivity index (χ2n) is 13.7. The summed E-state index contributed by atoms with van der Waals surface area (Å²) in [5.41, 5.74) is -1.67. The van der Waals surface area contributed by atoms with Crippen molar-refractivity contribution < 1.29 is 49.6 Å². The van der Waals surface area contributed by atoms with Crippen molar-refractivity contribution in [2.45, 2.75) is 120 Å². The summed E-state index contributed by atoms with van der Waals surface area (Å²) in [6.07, 6.45) is 0.543. The molecule has 0 unspecified atom stereocenters. The average molecular weight is 553 g/mol. The van der Waals surface area contributed by atoms with Gasteiger partial charge in [0, 0.05) is 17.9 Å². The zero-order valence-corrected chi connectivity index (χ0v) is 22.9. The molecule has 6 N–H and O–H groups in total. The van der Waals surface area contributed by atoms with Crippen molar-refractivity contribution >= 4 is 5.97 Å². The zero-order valence-electron chi connectivity index (χ0n) is 22.9. The van der Waals surface area contributed by atoms with Gasteiger partial charge in [0.2, 0.25) is 0 Å². The van der Waals surface area contributed by atoms with E-state index in [0.29, 0.717) is 45.1 Å². The molecule has 6 aliphatic rings. The van der Waals surface area contributed by atoms with Crippen LogP contribution in [0.15, 0.2) is 11.6 Å². The van der Waals surface area contributed by atoms with Gasteiger partial charge >= 0.3 is 5.97 Å². The van der Waals surface area contributed by atoms with Gasteiger partial charge in [-0.05, 0) is 80.1 Å². The minimum Gasteiger partial charge on any atom is -0.458 e. The van der Waals surface area contributed by atoms with Crippen molar-refractivity contribution in [1.29, 1.82) is 0 Å². The number of aliphatic hydroxyl groups is 6. The summed E-state index contributed by atoms with van der Waals surface area (Å²) in [4.78, 5) is 11.8. The van der Waals surface area contributed by atoms with Crippen LogP contribution in [-0.2, 0) is 19.0 Å². The number of rotatable bonds is 4. The molecule has 10 nitrogen and oxygen atoms in total. The van der Waals surface area contributed by atoms with E-state index in [1.165, 1.54) is 0 Å². The van der Waals surface area contributed by atoms with Gasteiger partial charge in [-0.3, -0.25) is 0 Å². The van der Waals surface area contributed by atoms with E-state index in [-0.39, 0.29) is 29.1 Å². The summed E-state index contributed by atoms with van der Waals surface area (Å²) in [6.45, 7) is 4.12. The Hall–Kier alpha value is -1.11. The van der Waals surface area contributed by atoms with Crippen molar-refractivity contribution in [3.8, 4) is 0 Å². The maximum absolute atomic E-state index is 12.4. The lowest BCUT2D eigenvalue weighted by atomic mass is 9.42. The SMILES string of the molecule is C[C@]12CC[C@H](O[C@@H]3O[C@H](CO)[C@@H](O)[C@H](O)[C@H]3O)C[C@@]1(O)CC[C@@H]1[C@@H]2CC[C@]2(C)[C@H](C3=CC(=O)OC3)CC[C@]12O. The maximum Gasteiger partial charge on any atom is 0.331 e. The monoisotopic (exact) mass is 552 g/mol. The summed E-state index contributed by atoms with van der Waals surface area (Å²) in [6, 6.07) is 0. The van der Waals surface area contributed by atoms with Gasteiger partial charge in [-0.1, -0.05) is 13.8 Å². The van der Waals surface area contributed by atoms with E-state index >= 15 is 0 Å². The number of carbonyl (C=O) groups is 1. The average Bonchev–Trinajstić information content (AvgIpc) is 3.44. The lowest BCUT2D eigenvalue weighted by Crippen LogP contribution is -2.67. The first-order valence-corrected chi connectivity index (χ1v) is 14.6. The standard InChI is InChI=1S/C29H44O10/c1-26-7-3-16(38-25-24(34)23(33)22(32)20(13-30)39-25)12-28(26,35)9-5-19-18(26)4-8-27(2)17(6-10-29(19,27)36)15-11-21(31)37-14-15/h11,16-20,22-25,30,32-36H,3-10,12-14H2,1-2H3/t16-,17-,18-,19+,20+,22+,23-,24+,25+,26+,27+,28-,29-/m0/s1. The zero-order chi connectivity index (χ0) is 28.0. The third kappa shape index (κ3) is 3.93. The van der Waals surface area contributed by atoms with Crippen molar-refractivity contribution in [2.75, 3.05) is 13.2 Å². The molecule has 0 aromatic carbocycles. The van der Waals surface area contributed by atoms with Crippen LogP contribution in [0.25, 0.3) is 0 Å². The van der Waals surface area contributed by atoms with Crippen LogP contribution in [-0.4, -0.2) is 97.8 Å². The number of hydrogen-bond donors (Lipinski definition) is 6. The molecule has 6 rings (SSSR count). The van der Waals surface area contributed by atoms with Gasteiger partial charge < -0.3 is 44.8 Å². The van der Waals surface area contributed by atoms with E-state index in [4.69, 9.17) is 14.2 Å². The Balaban J connectivity index is 1.19. The van der Waals surface area contributed by atoms with E-state index in [2.05, 4.69) is 13.8 Å². The third-order valence-electron chi connectivity index (χ3n) is 12.3. The Kier molecular flexibility index (Phi) is 6.80. The van der Waals surface area contributed by atoms with Gasteiger partial charge in [0.1, 0.15) is 31.0 Å². The third-order valence-corrected chi connectivity index (χ3v) is 12.3. The smallest absolute Gasteiger partial charge is 0.331 e. The fourth-order valence-electron chi connectivity index (χ4n) is 9.85. The molecular formula is C29H44O10. The number of cyclic esters (lactones) is 1. The van der Waals surface area contributed by atoms with Crippen molar-refractivity contribution in [1.82, 2.24) is 0 Å². The van der Waals surface area contributed by atoms with Crippen LogP contribution in [0.1, 0.15) is 71.6 Å². The highest BCUT2D eigenvalue weighted by Crippen LogP contribution is 2.70. The minimum absolute atomic E-state index is 0.0491. The quantitative estimate of drug-likeness (QED) is 0.214. The highest BCUT2D eigenvalue weighted by atomic mass is 16.7. The van der Waals surface area contributed by atoms with E-state index in [9.17, 15) is 35.4 Å². The van der Waals surface area contributed by atoms with Crippen LogP contribution in [0.4, 0.5) is 0 Å². The number of esters is 1. The first kappa shape index (κ1) is 28.0. The molecule has 0 aromatic heterocycles. The fourth-order valence-corrected chi connectivity index (χ4v) is 9.85. The predicted molar refractivity (Wildman–Crippen MR) is 136 cm³/mol. The van der Waals surface area contributed by atoms with E-state index < -0.39 is 60.0 Å². The normalized spacial score (nSPS) is 55.3. The molecule has 2 aliphatic heterocycles. The van der Waals surface area contributed by atoms with Crippen LogP contribution in [0, 0.1) is 28.6 Å². The number of carbonyl (C=O) groups excluding carboxylic acids is 1. The number of hydrogen-bond acceptors (Lipinski definition) is 10. The van der Waals surface area contributed by atoms with Crippen LogP contribution < -0.4 is 0 Å². The van der Waals surface area contributed by atoms with Gasteiger partial charge in [-0.2, -0.15) is 0 Å². The minimum atomic E-state index is -1.51. The Morgan fingerprint density at radius 1 is 0.923 bits per heavy atom. The molecule has 0 spiro atoms. The Bertz CT molecular complexity index is 1020. The highest BCUT2D eigenvalue weighted by molar-refractivity contribution is 5.85. The molecule has 0 bridgehead atoms. The number of fused-ring (bicyclic) bond motifs is 5. The second-order valence-corrected chi connectivity index (χ2v) is 13.7. The molecule has 220 valence electrons. The molecule has 10 heteroatoms. The van der Waals surface area contributed by atoms with Gasteiger partial charge in [0.05, 0.1) is 23.9 Å². The molecule has 39 heavy (non-hydrogen) atoms. The lowest BCUT2D eigenvalue weighted by molar-refractivity contribution is -0.324. The van der Waals surface area contributed by atoms with Crippen LogP contribution in [0.5, 0.6) is 0 Å². The van der Waals surface area contributed by atoms with Crippen molar-refractivity contribution in [2.24, 2.45) is 28.6 Å².